The van der Waals surface area contributed by atoms with Crippen molar-refractivity contribution in [2.75, 3.05) is 26.4 Å². The topological polar surface area (TPSA) is 18.5 Å². The van der Waals surface area contributed by atoms with Gasteiger partial charge in [-0.25, -0.2) is 0 Å². The molecule has 0 rings (SSSR count). The fourth-order valence-electron chi connectivity index (χ4n) is 0.441. The maximum Gasteiger partial charge on any atom is 0.146 e. The summed E-state index contributed by atoms with van der Waals surface area (Å²) in [6, 6.07) is 0. The molecule has 0 aliphatic carbocycles. The van der Waals surface area contributed by atoms with E-state index in [-0.39, 0.29) is 0 Å². The number of alkyl halides is 1. The van der Waals surface area contributed by atoms with E-state index in [1.807, 2.05) is 0 Å². The lowest BCUT2D eigenvalue weighted by Gasteiger charge is -1.99. The van der Waals surface area contributed by atoms with E-state index in [1.165, 1.54) is 0 Å². The van der Waals surface area contributed by atoms with Gasteiger partial charge in [0, 0.05) is 19.6 Å². The number of methoxy groups -OCH3 is 1. The van der Waals surface area contributed by atoms with E-state index < -0.39 is 0 Å². The van der Waals surface area contributed by atoms with Gasteiger partial charge in [0.25, 0.3) is 0 Å². The second kappa shape index (κ2) is 8.21. The monoisotopic (exact) mass is 152 g/mol. The first-order chi connectivity index (χ1) is 4.41. The molecule has 9 heavy (non-hydrogen) atoms. The van der Waals surface area contributed by atoms with Gasteiger partial charge in [-0.15, -0.1) is 11.6 Å². The third kappa shape index (κ3) is 8.21. The summed E-state index contributed by atoms with van der Waals surface area (Å²) in [7, 11) is 1.61. The number of unbranched alkanes of at least 4 members (excludes halogenated alkanes) is 1. The number of halogens is 1. The molecule has 56 valence electrons. The van der Waals surface area contributed by atoms with Crippen molar-refractivity contribution in [1.82, 2.24) is 0 Å². The minimum atomic E-state index is 0.391. The molecule has 0 bridgehead atoms. The van der Waals surface area contributed by atoms with Gasteiger partial charge in [-0.3, -0.25) is 0 Å². The highest BCUT2D eigenvalue weighted by Crippen LogP contribution is 1.91. The van der Waals surface area contributed by atoms with Gasteiger partial charge in [0.2, 0.25) is 0 Å². The Morgan fingerprint density at radius 1 is 1.33 bits per heavy atom. The highest BCUT2D eigenvalue weighted by Gasteiger charge is 1.85. The van der Waals surface area contributed by atoms with E-state index in [9.17, 15) is 0 Å². The van der Waals surface area contributed by atoms with Gasteiger partial charge in [0.15, 0.2) is 0 Å². The minimum Gasteiger partial charge on any atom is -0.359 e. The Labute approximate surface area is 61.1 Å². The zero-order valence-electron chi connectivity index (χ0n) is 5.73. The van der Waals surface area contributed by atoms with Crippen LogP contribution in [0.1, 0.15) is 12.8 Å². The summed E-state index contributed by atoms with van der Waals surface area (Å²) in [6.45, 7) is 1.14. The number of hydrogen-bond acceptors (Lipinski definition) is 2. The molecule has 0 amide bonds. The maximum absolute atomic E-state index is 5.43. The highest BCUT2D eigenvalue weighted by atomic mass is 35.5. The van der Waals surface area contributed by atoms with E-state index >= 15 is 0 Å². The summed E-state index contributed by atoms with van der Waals surface area (Å²) in [5.74, 6) is 0.719. The molecule has 0 fully saturated rings. The third-order valence-electron chi connectivity index (χ3n) is 0.873. The van der Waals surface area contributed by atoms with Crippen molar-refractivity contribution in [1.29, 1.82) is 0 Å². The van der Waals surface area contributed by atoms with Crippen molar-refractivity contribution < 1.29 is 9.47 Å². The van der Waals surface area contributed by atoms with Crippen molar-refractivity contribution in [3.05, 3.63) is 0 Å². The van der Waals surface area contributed by atoms with Crippen molar-refractivity contribution in [3.63, 3.8) is 0 Å². The van der Waals surface area contributed by atoms with Gasteiger partial charge >= 0.3 is 0 Å². The second-order valence-corrected chi connectivity index (χ2v) is 2.09. The molecule has 0 aliphatic rings. The normalized spacial score (nSPS) is 10.0. The number of ether oxygens (including phenoxy) is 2. The van der Waals surface area contributed by atoms with Gasteiger partial charge in [0.05, 0.1) is 0 Å². The molecule has 0 aromatic heterocycles. The Morgan fingerprint density at radius 2 is 2.11 bits per heavy atom. The molecule has 0 spiro atoms. The molecule has 0 aromatic rings. The van der Waals surface area contributed by atoms with Crippen LogP contribution in [-0.4, -0.2) is 26.4 Å². The Kier molecular flexibility index (Phi) is 8.40. The molecule has 0 radical (unpaired) electrons. The van der Waals surface area contributed by atoms with Gasteiger partial charge < -0.3 is 9.47 Å². The van der Waals surface area contributed by atoms with Gasteiger partial charge in [-0.2, -0.15) is 0 Å². The zero-order chi connectivity index (χ0) is 6.95. The first kappa shape index (κ1) is 9.21. The Hall–Kier alpha value is 0.210. The highest BCUT2D eigenvalue weighted by molar-refractivity contribution is 6.17. The summed E-state index contributed by atoms with van der Waals surface area (Å²) in [6.07, 6.45) is 2.04. The first-order valence-electron chi connectivity index (χ1n) is 3.04. The lowest BCUT2D eigenvalue weighted by molar-refractivity contribution is -0.0311. The van der Waals surface area contributed by atoms with E-state index in [0.29, 0.717) is 6.79 Å². The maximum atomic E-state index is 5.43. The summed E-state index contributed by atoms with van der Waals surface area (Å²) in [4.78, 5) is 0. The molecular weight excluding hydrogens is 140 g/mol. The van der Waals surface area contributed by atoms with Crippen LogP contribution in [0.2, 0.25) is 0 Å². The van der Waals surface area contributed by atoms with Gasteiger partial charge in [-0.1, -0.05) is 0 Å². The first-order valence-corrected chi connectivity index (χ1v) is 3.58. The van der Waals surface area contributed by atoms with Crippen LogP contribution in [0.5, 0.6) is 0 Å². The quantitative estimate of drug-likeness (QED) is 0.327. The molecule has 0 atom stereocenters. The van der Waals surface area contributed by atoms with Crippen molar-refractivity contribution in [2.45, 2.75) is 12.8 Å². The molecular formula is C6H13ClO2. The fraction of sp³-hybridized carbons (Fsp3) is 1.00. The smallest absolute Gasteiger partial charge is 0.146 e. The predicted molar refractivity (Wildman–Crippen MR) is 37.8 cm³/mol. The molecule has 0 saturated heterocycles. The number of hydrogen-bond donors (Lipinski definition) is 0. The standard InChI is InChI=1S/C6H13ClO2/c1-8-6-9-5-3-2-4-7/h2-6H2,1H3. The lowest BCUT2D eigenvalue weighted by Crippen LogP contribution is -1.98. The molecule has 0 heterocycles. The van der Waals surface area contributed by atoms with Crippen LogP contribution < -0.4 is 0 Å². The average molecular weight is 153 g/mol. The average Bonchev–Trinajstić information content (AvgIpc) is 1.89. The molecule has 3 heteroatoms. The third-order valence-corrected chi connectivity index (χ3v) is 1.14. The van der Waals surface area contributed by atoms with Crippen LogP contribution in [0.15, 0.2) is 0 Å². The molecule has 2 nitrogen and oxygen atoms in total. The van der Waals surface area contributed by atoms with E-state index in [1.54, 1.807) is 7.11 Å². The Balaban J connectivity index is 2.60. The van der Waals surface area contributed by atoms with E-state index in [2.05, 4.69) is 4.74 Å². The van der Waals surface area contributed by atoms with Crippen molar-refractivity contribution >= 4 is 11.6 Å². The summed E-state index contributed by atoms with van der Waals surface area (Å²) < 4.78 is 9.67. The lowest BCUT2D eigenvalue weighted by atomic mass is 10.4. The van der Waals surface area contributed by atoms with Crippen LogP contribution in [0.25, 0.3) is 0 Å². The molecule has 0 unspecified atom stereocenters. The molecule has 0 aromatic carbocycles. The molecule has 0 N–H and O–H groups in total. The van der Waals surface area contributed by atoms with Crippen LogP contribution in [0.3, 0.4) is 0 Å². The Bertz CT molecular complexity index is 44.3. The van der Waals surface area contributed by atoms with Gasteiger partial charge in [-0.05, 0) is 12.8 Å². The summed E-state index contributed by atoms with van der Waals surface area (Å²) in [5.41, 5.74) is 0. The van der Waals surface area contributed by atoms with Crippen molar-refractivity contribution in [2.24, 2.45) is 0 Å². The van der Waals surface area contributed by atoms with Crippen molar-refractivity contribution in [3.8, 4) is 0 Å². The fourth-order valence-corrected chi connectivity index (χ4v) is 0.630. The van der Waals surface area contributed by atoms with Crippen LogP contribution in [0, 0.1) is 0 Å². The van der Waals surface area contributed by atoms with E-state index in [0.717, 1.165) is 25.3 Å². The van der Waals surface area contributed by atoms with E-state index in [4.69, 9.17) is 16.3 Å². The van der Waals surface area contributed by atoms with Crippen LogP contribution in [0.4, 0.5) is 0 Å². The zero-order valence-corrected chi connectivity index (χ0v) is 6.49. The second-order valence-electron chi connectivity index (χ2n) is 1.71. The van der Waals surface area contributed by atoms with Crippen LogP contribution >= 0.6 is 11.6 Å². The van der Waals surface area contributed by atoms with Crippen LogP contribution in [-0.2, 0) is 9.47 Å². The minimum absolute atomic E-state index is 0.391. The largest absolute Gasteiger partial charge is 0.359 e. The Morgan fingerprint density at radius 3 is 2.67 bits per heavy atom. The summed E-state index contributed by atoms with van der Waals surface area (Å²) in [5, 5.41) is 0. The number of rotatable bonds is 6. The molecule has 0 aliphatic heterocycles. The SMILES string of the molecule is COCOCCCCCl. The predicted octanol–water partition coefficient (Wildman–Crippen LogP) is 1.63. The summed E-state index contributed by atoms with van der Waals surface area (Å²) >= 11 is 5.43. The van der Waals surface area contributed by atoms with Gasteiger partial charge in [0.1, 0.15) is 6.79 Å². The molecule has 0 saturated carbocycles.